The van der Waals surface area contributed by atoms with Crippen molar-refractivity contribution in [3.05, 3.63) is 10.9 Å². The highest BCUT2D eigenvalue weighted by Gasteiger charge is 1.93. The van der Waals surface area contributed by atoms with Crippen LogP contribution in [0.3, 0.4) is 0 Å². The first-order valence-corrected chi connectivity index (χ1v) is 5.38. The zero-order valence-electron chi connectivity index (χ0n) is 7.45. The second kappa shape index (κ2) is 6.00. The number of hydrogen-bond acceptors (Lipinski definition) is 3. The van der Waals surface area contributed by atoms with Gasteiger partial charge in [-0.1, -0.05) is 26.2 Å². The molecule has 0 spiro atoms. The molecule has 0 N–H and O–H groups in total. The van der Waals surface area contributed by atoms with Crippen LogP contribution in [0.2, 0.25) is 0 Å². The van der Waals surface area contributed by atoms with Crippen molar-refractivity contribution in [1.29, 1.82) is 0 Å². The van der Waals surface area contributed by atoms with Crippen molar-refractivity contribution in [2.45, 2.75) is 32.6 Å². The van der Waals surface area contributed by atoms with Gasteiger partial charge in [-0.3, -0.25) is 0 Å². The lowest BCUT2D eigenvalue weighted by atomic mass is 10.2. The Labute approximate surface area is 77.6 Å². The molecule has 0 aliphatic rings. The van der Waals surface area contributed by atoms with Crippen LogP contribution < -0.4 is 4.74 Å². The van der Waals surface area contributed by atoms with E-state index in [2.05, 4.69) is 11.9 Å². The molecule has 0 aliphatic carbocycles. The largest absolute Gasteiger partial charge is 0.477 e. The standard InChI is InChI=1S/C9H15NOS/c1-2-3-4-5-6-11-9-7-12-8-10-9/h7-8H,2-6H2,1H3. The SMILES string of the molecule is CCCCCCOc1cscn1. The minimum absolute atomic E-state index is 0.775. The summed E-state index contributed by atoms with van der Waals surface area (Å²) >= 11 is 1.57. The number of rotatable bonds is 6. The molecule has 0 atom stereocenters. The molecule has 0 amide bonds. The number of ether oxygens (including phenoxy) is 1. The molecular formula is C9H15NOS. The van der Waals surface area contributed by atoms with Gasteiger partial charge in [-0.05, 0) is 6.42 Å². The van der Waals surface area contributed by atoms with Crippen LogP contribution in [0.5, 0.6) is 5.88 Å². The molecule has 3 heteroatoms. The van der Waals surface area contributed by atoms with E-state index >= 15 is 0 Å². The molecule has 2 nitrogen and oxygen atoms in total. The first kappa shape index (κ1) is 9.52. The van der Waals surface area contributed by atoms with E-state index in [0.29, 0.717) is 0 Å². The molecule has 1 rings (SSSR count). The molecule has 0 radical (unpaired) electrons. The highest BCUT2D eigenvalue weighted by molar-refractivity contribution is 7.07. The zero-order chi connectivity index (χ0) is 8.65. The Balaban J connectivity index is 1.96. The highest BCUT2D eigenvalue weighted by Crippen LogP contribution is 2.10. The van der Waals surface area contributed by atoms with E-state index in [1.807, 2.05) is 5.38 Å². The molecule has 0 saturated heterocycles. The molecule has 1 aromatic rings. The predicted molar refractivity (Wildman–Crippen MR) is 51.8 cm³/mol. The first-order chi connectivity index (χ1) is 5.93. The smallest absolute Gasteiger partial charge is 0.224 e. The second-order valence-electron chi connectivity index (χ2n) is 2.74. The Morgan fingerprint density at radius 3 is 3.00 bits per heavy atom. The van der Waals surface area contributed by atoms with E-state index in [-0.39, 0.29) is 0 Å². The summed E-state index contributed by atoms with van der Waals surface area (Å²) < 4.78 is 5.39. The lowest BCUT2D eigenvalue weighted by molar-refractivity contribution is 0.295. The van der Waals surface area contributed by atoms with E-state index in [0.717, 1.165) is 18.9 Å². The van der Waals surface area contributed by atoms with Crippen LogP contribution >= 0.6 is 11.3 Å². The second-order valence-corrected chi connectivity index (χ2v) is 3.45. The topological polar surface area (TPSA) is 22.1 Å². The van der Waals surface area contributed by atoms with Gasteiger partial charge in [0.15, 0.2) is 0 Å². The van der Waals surface area contributed by atoms with Crippen molar-refractivity contribution in [3.8, 4) is 5.88 Å². The maximum absolute atomic E-state index is 5.39. The van der Waals surface area contributed by atoms with E-state index in [1.54, 1.807) is 16.8 Å². The van der Waals surface area contributed by atoms with Gasteiger partial charge in [-0.2, -0.15) is 0 Å². The normalized spacial score (nSPS) is 10.1. The maximum atomic E-state index is 5.39. The average molecular weight is 185 g/mol. The van der Waals surface area contributed by atoms with E-state index in [1.165, 1.54) is 19.3 Å². The van der Waals surface area contributed by atoms with Crippen molar-refractivity contribution in [3.63, 3.8) is 0 Å². The number of aromatic nitrogens is 1. The van der Waals surface area contributed by atoms with Crippen molar-refractivity contribution >= 4 is 11.3 Å². The molecule has 0 saturated carbocycles. The van der Waals surface area contributed by atoms with Crippen LogP contribution in [-0.4, -0.2) is 11.6 Å². The fourth-order valence-electron chi connectivity index (χ4n) is 0.978. The van der Waals surface area contributed by atoms with Gasteiger partial charge < -0.3 is 4.74 Å². The van der Waals surface area contributed by atoms with Gasteiger partial charge in [0.25, 0.3) is 0 Å². The summed E-state index contributed by atoms with van der Waals surface area (Å²) in [6.07, 6.45) is 4.99. The van der Waals surface area contributed by atoms with Gasteiger partial charge >= 0.3 is 0 Å². The van der Waals surface area contributed by atoms with Crippen LogP contribution in [-0.2, 0) is 0 Å². The van der Waals surface area contributed by atoms with Crippen molar-refractivity contribution < 1.29 is 4.74 Å². The number of nitrogens with zero attached hydrogens (tertiary/aromatic N) is 1. The number of unbranched alkanes of at least 4 members (excludes halogenated alkanes) is 3. The van der Waals surface area contributed by atoms with Crippen LogP contribution in [0.1, 0.15) is 32.6 Å². The molecular weight excluding hydrogens is 170 g/mol. The van der Waals surface area contributed by atoms with Gasteiger partial charge in [0.2, 0.25) is 5.88 Å². The number of hydrogen-bond donors (Lipinski definition) is 0. The molecule has 0 aromatic carbocycles. The molecule has 68 valence electrons. The van der Waals surface area contributed by atoms with Crippen molar-refractivity contribution in [2.75, 3.05) is 6.61 Å². The van der Waals surface area contributed by atoms with Crippen molar-refractivity contribution in [1.82, 2.24) is 4.98 Å². The van der Waals surface area contributed by atoms with Crippen LogP contribution in [0, 0.1) is 0 Å². The third kappa shape index (κ3) is 3.72. The van der Waals surface area contributed by atoms with Gasteiger partial charge in [0.1, 0.15) is 0 Å². The third-order valence-corrected chi connectivity index (χ3v) is 2.22. The minimum atomic E-state index is 0.775. The third-order valence-electron chi connectivity index (χ3n) is 1.66. The summed E-state index contributed by atoms with van der Waals surface area (Å²) in [6, 6.07) is 0. The van der Waals surface area contributed by atoms with Crippen molar-refractivity contribution in [2.24, 2.45) is 0 Å². The Bertz CT molecular complexity index is 186. The highest BCUT2D eigenvalue weighted by atomic mass is 32.1. The lowest BCUT2D eigenvalue weighted by Gasteiger charge is -2.00. The van der Waals surface area contributed by atoms with Crippen LogP contribution in [0.4, 0.5) is 0 Å². The monoisotopic (exact) mass is 185 g/mol. The summed E-state index contributed by atoms with van der Waals surface area (Å²) in [6.45, 7) is 3.02. The van der Waals surface area contributed by atoms with Gasteiger partial charge in [-0.15, -0.1) is 11.3 Å². The quantitative estimate of drug-likeness (QED) is 0.635. The Morgan fingerprint density at radius 2 is 2.33 bits per heavy atom. The minimum Gasteiger partial charge on any atom is -0.477 e. The van der Waals surface area contributed by atoms with Gasteiger partial charge in [0, 0.05) is 0 Å². The van der Waals surface area contributed by atoms with Gasteiger partial charge in [-0.25, -0.2) is 4.98 Å². The zero-order valence-corrected chi connectivity index (χ0v) is 8.27. The predicted octanol–water partition coefficient (Wildman–Crippen LogP) is 3.10. The molecule has 0 aliphatic heterocycles. The summed E-state index contributed by atoms with van der Waals surface area (Å²) in [7, 11) is 0. The Morgan fingerprint density at radius 1 is 1.42 bits per heavy atom. The molecule has 0 bridgehead atoms. The Kier molecular flexibility index (Phi) is 4.76. The number of thiazole rings is 1. The summed E-state index contributed by atoms with van der Waals surface area (Å²) in [5.74, 6) is 0.775. The maximum Gasteiger partial charge on any atom is 0.224 e. The molecule has 1 aromatic heterocycles. The van der Waals surface area contributed by atoms with E-state index < -0.39 is 0 Å². The fraction of sp³-hybridized carbons (Fsp3) is 0.667. The average Bonchev–Trinajstić information content (AvgIpc) is 2.57. The molecule has 1 heterocycles. The molecule has 0 unspecified atom stereocenters. The fourth-order valence-corrected chi connectivity index (χ4v) is 1.45. The molecule has 12 heavy (non-hydrogen) atoms. The summed E-state index contributed by atoms with van der Waals surface area (Å²) in [5, 5.41) is 1.93. The van der Waals surface area contributed by atoms with E-state index in [9.17, 15) is 0 Å². The van der Waals surface area contributed by atoms with E-state index in [4.69, 9.17) is 4.74 Å². The Hall–Kier alpha value is -0.570. The van der Waals surface area contributed by atoms with Gasteiger partial charge in [0.05, 0.1) is 17.5 Å². The lowest BCUT2D eigenvalue weighted by Crippen LogP contribution is -1.96. The van der Waals surface area contributed by atoms with Crippen LogP contribution in [0.15, 0.2) is 10.9 Å². The van der Waals surface area contributed by atoms with Crippen LogP contribution in [0.25, 0.3) is 0 Å². The summed E-state index contributed by atoms with van der Waals surface area (Å²) in [5.41, 5.74) is 1.79. The first-order valence-electron chi connectivity index (χ1n) is 4.44. The molecule has 0 fully saturated rings. The summed E-state index contributed by atoms with van der Waals surface area (Å²) in [4.78, 5) is 4.03.